The zero-order valence-electron chi connectivity index (χ0n) is 17.1. The van der Waals surface area contributed by atoms with Crippen molar-refractivity contribution < 1.29 is 18.0 Å². The normalized spacial score (nSPS) is 11.4. The van der Waals surface area contributed by atoms with Crippen molar-refractivity contribution in [1.29, 1.82) is 0 Å². The summed E-state index contributed by atoms with van der Waals surface area (Å²) in [6, 6.07) is 8.57. The minimum absolute atomic E-state index is 0.0163. The largest absolute Gasteiger partial charge is 0.339 e. The number of amides is 2. The molecule has 30 heavy (non-hydrogen) atoms. The molecule has 7 nitrogen and oxygen atoms in total. The number of carbonyl (C=O) groups is 2. The molecule has 2 aromatic carbocycles. The molecule has 0 saturated carbocycles. The summed E-state index contributed by atoms with van der Waals surface area (Å²) in [6.07, 6.45) is 0. The smallest absolute Gasteiger partial charge is 0.255 e. The Kier molecular flexibility index (Phi) is 7.87. The number of hydrogen-bond donors (Lipinski definition) is 1. The number of nitrogens with zero attached hydrogens (tertiary/aromatic N) is 2. The first-order valence-corrected chi connectivity index (χ1v) is 11.3. The SMILES string of the molecule is CCN(CC)C(=O)c1ccc(NC(=O)c2ccc(Cl)c(S(=O)(=O)N(C)C)c2)cc1Cl. The van der Waals surface area contributed by atoms with Gasteiger partial charge in [-0.15, -0.1) is 0 Å². The van der Waals surface area contributed by atoms with Gasteiger partial charge in [0.25, 0.3) is 11.8 Å². The van der Waals surface area contributed by atoms with Gasteiger partial charge in [0.05, 0.1) is 15.6 Å². The van der Waals surface area contributed by atoms with Crippen LogP contribution >= 0.6 is 23.2 Å². The fraction of sp³-hybridized carbons (Fsp3) is 0.300. The Morgan fingerprint density at radius 1 is 0.967 bits per heavy atom. The van der Waals surface area contributed by atoms with E-state index < -0.39 is 15.9 Å². The van der Waals surface area contributed by atoms with Gasteiger partial charge >= 0.3 is 0 Å². The molecular formula is C20H23Cl2N3O4S. The van der Waals surface area contributed by atoms with Crippen LogP contribution in [0.1, 0.15) is 34.6 Å². The third-order valence-electron chi connectivity index (χ3n) is 4.46. The van der Waals surface area contributed by atoms with Crippen LogP contribution < -0.4 is 5.32 Å². The average Bonchev–Trinajstić information content (AvgIpc) is 2.68. The maximum atomic E-state index is 12.6. The molecular weight excluding hydrogens is 449 g/mol. The fourth-order valence-electron chi connectivity index (χ4n) is 2.69. The van der Waals surface area contributed by atoms with Gasteiger partial charge in [0.2, 0.25) is 10.0 Å². The standard InChI is InChI=1S/C20H23Cl2N3O4S/c1-5-25(6-2)20(27)15-9-8-14(12-17(15)22)23-19(26)13-7-10-16(21)18(11-13)30(28,29)24(3)4/h7-12H,5-6H2,1-4H3,(H,23,26). The fourth-order valence-corrected chi connectivity index (χ4v) is 4.34. The van der Waals surface area contributed by atoms with E-state index in [4.69, 9.17) is 23.2 Å². The highest BCUT2D eigenvalue weighted by atomic mass is 35.5. The van der Waals surface area contributed by atoms with E-state index in [0.29, 0.717) is 24.3 Å². The number of rotatable bonds is 7. The first kappa shape index (κ1) is 24.1. The second kappa shape index (κ2) is 9.78. The Labute approximate surface area is 186 Å². The van der Waals surface area contributed by atoms with Gasteiger partial charge in [-0.1, -0.05) is 23.2 Å². The highest BCUT2D eigenvalue weighted by Gasteiger charge is 2.23. The lowest BCUT2D eigenvalue weighted by atomic mass is 10.1. The van der Waals surface area contributed by atoms with Gasteiger partial charge in [0.15, 0.2) is 0 Å². The molecule has 0 spiro atoms. The second-order valence-corrected chi connectivity index (χ2v) is 9.49. The van der Waals surface area contributed by atoms with Gasteiger partial charge in [-0.3, -0.25) is 9.59 Å². The van der Waals surface area contributed by atoms with E-state index in [2.05, 4.69) is 5.32 Å². The van der Waals surface area contributed by atoms with E-state index in [0.717, 1.165) is 4.31 Å². The number of hydrogen-bond acceptors (Lipinski definition) is 4. The van der Waals surface area contributed by atoms with Gasteiger partial charge < -0.3 is 10.2 Å². The molecule has 0 saturated heterocycles. The van der Waals surface area contributed by atoms with Gasteiger partial charge in [-0.2, -0.15) is 0 Å². The molecule has 162 valence electrons. The van der Waals surface area contributed by atoms with Gasteiger partial charge in [0, 0.05) is 38.4 Å². The van der Waals surface area contributed by atoms with Crippen LogP contribution in [0.25, 0.3) is 0 Å². The van der Waals surface area contributed by atoms with Crippen molar-refractivity contribution in [2.45, 2.75) is 18.7 Å². The molecule has 0 aliphatic carbocycles. The van der Waals surface area contributed by atoms with Crippen LogP contribution in [0.15, 0.2) is 41.3 Å². The minimum Gasteiger partial charge on any atom is -0.339 e. The summed E-state index contributed by atoms with van der Waals surface area (Å²) in [4.78, 5) is 26.6. The molecule has 0 unspecified atom stereocenters. The summed E-state index contributed by atoms with van der Waals surface area (Å²) >= 11 is 12.3. The van der Waals surface area contributed by atoms with Crippen molar-refractivity contribution >= 4 is 50.7 Å². The Morgan fingerprint density at radius 3 is 2.13 bits per heavy atom. The number of nitrogens with one attached hydrogen (secondary N) is 1. The monoisotopic (exact) mass is 471 g/mol. The Morgan fingerprint density at radius 2 is 1.60 bits per heavy atom. The van der Waals surface area contributed by atoms with Crippen molar-refractivity contribution in [3.8, 4) is 0 Å². The molecule has 0 bridgehead atoms. The predicted molar refractivity (Wildman–Crippen MR) is 119 cm³/mol. The molecule has 1 N–H and O–H groups in total. The van der Waals surface area contributed by atoms with Crippen molar-refractivity contribution in [1.82, 2.24) is 9.21 Å². The maximum absolute atomic E-state index is 12.6. The number of benzene rings is 2. The molecule has 2 rings (SSSR count). The molecule has 10 heteroatoms. The lowest BCUT2D eigenvalue weighted by Crippen LogP contribution is -2.30. The number of halogens is 2. The Bertz CT molecular complexity index is 1070. The first-order valence-electron chi connectivity index (χ1n) is 9.15. The van der Waals surface area contributed by atoms with Crippen LogP contribution in [0.3, 0.4) is 0 Å². The lowest BCUT2D eigenvalue weighted by Gasteiger charge is -2.19. The zero-order valence-corrected chi connectivity index (χ0v) is 19.4. The molecule has 2 aromatic rings. The molecule has 0 aromatic heterocycles. The van der Waals surface area contributed by atoms with E-state index in [-0.39, 0.29) is 26.4 Å². The molecule has 0 radical (unpaired) electrons. The molecule has 0 heterocycles. The second-order valence-electron chi connectivity index (χ2n) is 6.56. The topological polar surface area (TPSA) is 86.8 Å². The summed E-state index contributed by atoms with van der Waals surface area (Å²) in [5.41, 5.74) is 0.816. The van der Waals surface area contributed by atoms with Gasteiger partial charge in [-0.25, -0.2) is 12.7 Å². The predicted octanol–water partition coefficient (Wildman–Crippen LogP) is 3.98. The van der Waals surface area contributed by atoms with Crippen LogP contribution in [0.2, 0.25) is 10.0 Å². The molecule has 0 aliphatic rings. The van der Waals surface area contributed by atoms with Crippen LogP contribution in [-0.2, 0) is 10.0 Å². The third kappa shape index (κ3) is 5.13. The van der Waals surface area contributed by atoms with Crippen molar-refractivity contribution in [2.75, 3.05) is 32.5 Å². The maximum Gasteiger partial charge on any atom is 0.255 e. The van der Waals surface area contributed by atoms with Crippen LogP contribution in [0, 0.1) is 0 Å². The van der Waals surface area contributed by atoms with E-state index in [1.54, 1.807) is 17.0 Å². The highest BCUT2D eigenvalue weighted by Crippen LogP contribution is 2.26. The first-order chi connectivity index (χ1) is 14.0. The van der Waals surface area contributed by atoms with Crippen LogP contribution in [0.4, 0.5) is 5.69 Å². The third-order valence-corrected chi connectivity index (χ3v) is 7.07. The van der Waals surface area contributed by atoms with Gasteiger partial charge in [0.1, 0.15) is 4.90 Å². The number of sulfonamides is 1. The minimum atomic E-state index is -3.81. The van der Waals surface area contributed by atoms with E-state index in [1.165, 1.54) is 38.4 Å². The Balaban J connectivity index is 2.29. The summed E-state index contributed by atoms with van der Waals surface area (Å²) < 4.78 is 25.8. The van der Waals surface area contributed by atoms with Crippen molar-refractivity contribution in [2.24, 2.45) is 0 Å². The summed E-state index contributed by atoms with van der Waals surface area (Å²) in [7, 11) is -1.06. The summed E-state index contributed by atoms with van der Waals surface area (Å²) in [5, 5.41) is 2.87. The molecule has 0 atom stereocenters. The Hall–Kier alpha value is -2.13. The quantitative estimate of drug-likeness (QED) is 0.661. The molecule has 0 aliphatic heterocycles. The van der Waals surface area contributed by atoms with Crippen molar-refractivity contribution in [3.05, 3.63) is 57.6 Å². The van der Waals surface area contributed by atoms with E-state index >= 15 is 0 Å². The zero-order chi connectivity index (χ0) is 22.6. The molecule has 0 fully saturated rings. The lowest BCUT2D eigenvalue weighted by molar-refractivity contribution is 0.0773. The summed E-state index contributed by atoms with van der Waals surface area (Å²) in [5.74, 6) is -0.736. The summed E-state index contributed by atoms with van der Waals surface area (Å²) in [6.45, 7) is 4.86. The van der Waals surface area contributed by atoms with Crippen LogP contribution in [0.5, 0.6) is 0 Å². The number of carbonyl (C=O) groups excluding carboxylic acids is 2. The van der Waals surface area contributed by atoms with Crippen molar-refractivity contribution in [3.63, 3.8) is 0 Å². The van der Waals surface area contributed by atoms with E-state index in [9.17, 15) is 18.0 Å². The van der Waals surface area contributed by atoms with Gasteiger partial charge in [-0.05, 0) is 50.2 Å². The average molecular weight is 472 g/mol. The van der Waals surface area contributed by atoms with Crippen LogP contribution in [-0.4, -0.2) is 56.6 Å². The number of anilines is 1. The molecule has 2 amide bonds. The highest BCUT2D eigenvalue weighted by molar-refractivity contribution is 7.89. The van der Waals surface area contributed by atoms with E-state index in [1.807, 2.05) is 13.8 Å².